The summed E-state index contributed by atoms with van der Waals surface area (Å²) in [6.45, 7) is 9.60. The van der Waals surface area contributed by atoms with Crippen LogP contribution in [0.5, 0.6) is 5.75 Å². The summed E-state index contributed by atoms with van der Waals surface area (Å²) in [4.78, 5) is 18.0. The second-order valence-electron chi connectivity index (χ2n) is 8.40. The fourth-order valence-corrected chi connectivity index (χ4v) is 3.92. The molecule has 2 aliphatic rings. The van der Waals surface area contributed by atoms with Gasteiger partial charge >= 0.3 is 6.09 Å². The average molecular weight is 332 g/mol. The van der Waals surface area contributed by atoms with Gasteiger partial charge in [-0.2, -0.15) is 0 Å². The van der Waals surface area contributed by atoms with Crippen molar-refractivity contribution >= 4 is 6.09 Å². The van der Waals surface area contributed by atoms with Gasteiger partial charge in [0.05, 0.1) is 0 Å². The van der Waals surface area contributed by atoms with Crippen molar-refractivity contribution in [2.75, 3.05) is 13.1 Å². The van der Waals surface area contributed by atoms with Crippen LogP contribution in [0.4, 0.5) is 4.79 Å². The minimum Gasteiger partial charge on any atom is -0.490 e. The van der Waals surface area contributed by atoms with Crippen LogP contribution < -0.4 is 4.74 Å². The summed E-state index contributed by atoms with van der Waals surface area (Å²) >= 11 is 0. The molecule has 1 spiro atoms. The number of carbonyl (C=O) groups excluding carboxylic acids is 1. The maximum absolute atomic E-state index is 12.1. The Morgan fingerprint density at radius 2 is 1.96 bits per heavy atom. The van der Waals surface area contributed by atoms with Crippen molar-refractivity contribution < 1.29 is 14.3 Å². The smallest absolute Gasteiger partial charge is 0.410 e. The number of rotatable bonds is 2. The summed E-state index contributed by atoms with van der Waals surface area (Å²) in [7, 11) is 0. The molecule has 3 rings (SSSR count). The maximum Gasteiger partial charge on any atom is 0.410 e. The van der Waals surface area contributed by atoms with Crippen molar-refractivity contribution in [1.29, 1.82) is 0 Å². The quantitative estimate of drug-likeness (QED) is 0.824. The van der Waals surface area contributed by atoms with Gasteiger partial charge in [0.1, 0.15) is 17.5 Å². The van der Waals surface area contributed by atoms with E-state index in [1.54, 1.807) is 12.4 Å². The summed E-state index contributed by atoms with van der Waals surface area (Å²) in [5.41, 5.74) is -0.169. The molecule has 2 heterocycles. The van der Waals surface area contributed by atoms with E-state index in [-0.39, 0.29) is 17.6 Å². The van der Waals surface area contributed by atoms with Gasteiger partial charge in [0.25, 0.3) is 0 Å². The molecular weight excluding hydrogens is 304 g/mol. The fraction of sp³-hybridized carbons (Fsp3) is 0.684. The molecule has 5 heteroatoms. The number of aromatic nitrogens is 1. The highest BCUT2D eigenvalue weighted by molar-refractivity contribution is 5.69. The van der Waals surface area contributed by atoms with Crippen LogP contribution in [0, 0.1) is 11.3 Å². The third-order valence-electron chi connectivity index (χ3n) is 4.99. The predicted octanol–water partition coefficient (Wildman–Crippen LogP) is 3.89. The van der Waals surface area contributed by atoms with E-state index in [1.165, 1.54) is 0 Å². The van der Waals surface area contributed by atoms with Crippen molar-refractivity contribution in [3.8, 4) is 5.75 Å². The number of amides is 1. The third kappa shape index (κ3) is 3.82. The number of nitrogens with zero attached hydrogens (tertiary/aromatic N) is 2. The van der Waals surface area contributed by atoms with E-state index in [9.17, 15) is 4.79 Å². The summed E-state index contributed by atoms with van der Waals surface area (Å²) in [6.07, 6.45) is 6.81. The van der Waals surface area contributed by atoms with E-state index in [0.29, 0.717) is 5.92 Å². The van der Waals surface area contributed by atoms with Crippen molar-refractivity contribution in [3.05, 3.63) is 24.5 Å². The molecule has 24 heavy (non-hydrogen) atoms. The van der Waals surface area contributed by atoms with Crippen molar-refractivity contribution in [2.24, 2.45) is 11.3 Å². The van der Waals surface area contributed by atoms with Crippen molar-refractivity contribution in [2.45, 2.75) is 58.7 Å². The lowest BCUT2D eigenvalue weighted by Crippen LogP contribution is -2.61. The topological polar surface area (TPSA) is 51.7 Å². The molecule has 1 aliphatic heterocycles. The Morgan fingerprint density at radius 1 is 1.29 bits per heavy atom. The van der Waals surface area contributed by atoms with Crippen LogP contribution in [0.2, 0.25) is 0 Å². The first-order chi connectivity index (χ1) is 11.3. The Labute approximate surface area is 144 Å². The molecular formula is C19H28N2O3. The highest BCUT2D eigenvalue weighted by Gasteiger charge is 2.50. The van der Waals surface area contributed by atoms with E-state index in [2.05, 4.69) is 11.9 Å². The molecule has 1 saturated carbocycles. The van der Waals surface area contributed by atoms with E-state index < -0.39 is 5.60 Å². The second-order valence-corrected chi connectivity index (χ2v) is 8.40. The van der Waals surface area contributed by atoms with Gasteiger partial charge < -0.3 is 14.4 Å². The molecule has 132 valence electrons. The highest BCUT2D eigenvalue weighted by Crippen LogP contribution is 2.47. The van der Waals surface area contributed by atoms with Crippen LogP contribution in [0.3, 0.4) is 0 Å². The summed E-state index contributed by atoms with van der Waals surface area (Å²) in [6, 6.07) is 3.81. The molecule has 1 aromatic rings. The van der Waals surface area contributed by atoms with Gasteiger partial charge in [-0.15, -0.1) is 0 Å². The van der Waals surface area contributed by atoms with Gasteiger partial charge in [-0.3, -0.25) is 4.98 Å². The van der Waals surface area contributed by atoms with Crippen molar-refractivity contribution in [1.82, 2.24) is 9.88 Å². The number of carbonyl (C=O) groups is 1. The van der Waals surface area contributed by atoms with Crippen molar-refractivity contribution in [3.63, 3.8) is 0 Å². The van der Waals surface area contributed by atoms with Crippen LogP contribution in [-0.2, 0) is 4.74 Å². The molecule has 0 radical (unpaired) electrons. The van der Waals surface area contributed by atoms with Crippen LogP contribution in [0.25, 0.3) is 0 Å². The number of likely N-dealkylation sites (tertiary alicyclic amines) is 1. The lowest BCUT2D eigenvalue weighted by atomic mass is 9.64. The third-order valence-corrected chi connectivity index (χ3v) is 4.99. The highest BCUT2D eigenvalue weighted by atomic mass is 16.6. The van der Waals surface area contributed by atoms with Gasteiger partial charge in [0, 0.05) is 30.9 Å². The van der Waals surface area contributed by atoms with E-state index >= 15 is 0 Å². The maximum atomic E-state index is 12.1. The molecule has 0 unspecified atom stereocenters. The first kappa shape index (κ1) is 17.1. The normalized spacial score (nSPS) is 25.9. The first-order valence-electron chi connectivity index (χ1n) is 8.81. The Hall–Kier alpha value is -1.78. The minimum atomic E-state index is -0.427. The lowest BCUT2D eigenvalue weighted by Gasteiger charge is -2.54. The first-order valence-corrected chi connectivity index (χ1v) is 8.81. The minimum absolute atomic E-state index is 0.184. The molecule has 2 fully saturated rings. The molecule has 2 atom stereocenters. The summed E-state index contributed by atoms with van der Waals surface area (Å²) in [5, 5.41) is 0. The molecule has 1 aliphatic carbocycles. The molecule has 1 amide bonds. The molecule has 1 aromatic heterocycles. The fourth-order valence-electron chi connectivity index (χ4n) is 3.92. The second kappa shape index (κ2) is 6.26. The van der Waals surface area contributed by atoms with E-state index in [1.807, 2.05) is 37.8 Å². The monoisotopic (exact) mass is 332 g/mol. The molecule has 5 nitrogen and oxygen atoms in total. The van der Waals surface area contributed by atoms with Crippen LogP contribution >= 0.6 is 0 Å². The summed E-state index contributed by atoms with van der Waals surface area (Å²) in [5.74, 6) is 1.37. The SMILES string of the molecule is C[C@@H]1CC2(CC[C@H]1Oc1ccncc1)CN(C(=O)OC(C)(C)C)C2. The number of pyridine rings is 1. The molecule has 1 saturated heterocycles. The number of hydrogen-bond acceptors (Lipinski definition) is 4. The number of hydrogen-bond donors (Lipinski definition) is 0. The van der Waals surface area contributed by atoms with Gasteiger partial charge in [0.15, 0.2) is 0 Å². The van der Waals surface area contributed by atoms with Gasteiger partial charge in [-0.05, 0) is 58.1 Å². The Morgan fingerprint density at radius 3 is 2.54 bits per heavy atom. The Bertz CT molecular complexity index is 576. The standard InChI is InChI=1S/C19H28N2O3/c1-14-11-19(12-21(13-19)17(22)24-18(2,3)4)8-5-16(14)23-15-6-9-20-10-7-15/h6-7,9-10,14,16H,5,8,11-13H2,1-4H3/t14-,16-/m1/s1. The predicted molar refractivity (Wildman–Crippen MR) is 91.9 cm³/mol. The van der Waals surface area contributed by atoms with Gasteiger partial charge in [0.2, 0.25) is 0 Å². The van der Waals surface area contributed by atoms with Crippen LogP contribution in [0.15, 0.2) is 24.5 Å². The largest absolute Gasteiger partial charge is 0.490 e. The Balaban J connectivity index is 1.51. The van der Waals surface area contributed by atoms with Crippen LogP contribution in [-0.4, -0.2) is 40.8 Å². The average Bonchev–Trinajstić information content (AvgIpc) is 2.46. The van der Waals surface area contributed by atoms with E-state index in [0.717, 1.165) is 38.1 Å². The van der Waals surface area contributed by atoms with Gasteiger partial charge in [-0.25, -0.2) is 4.79 Å². The zero-order chi connectivity index (χ0) is 17.4. The summed E-state index contributed by atoms with van der Waals surface area (Å²) < 4.78 is 11.6. The molecule has 0 bridgehead atoms. The molecule has 0 N–H and O–H groups in total. The number of ether oxygens (including phenoxy) is 2. The zero-order valence-corrected chi connectivity index (χ0v) is 15.1. The zero-order valence-electron chi connectivity index (χ0n) is 15.1. The van der Waals surface area contributed by atoms with Crippen LogP contribution in [0.1, 0.15) is 47.0 Å². The Kier molecular flexibility index (Phi) is 4.45. The van der Waals surface area contributed by atoms with Gasteiger partial charge in [-0.1, -0.05) is 6.92 Å². The molecule has 0 aromatic carbocycles. The van der Waals surface area contributed by atoms with E-state index in [4.69, 9.17) is 9.47 Å². The lowest BCUT2D eigenvalue weighted by molar-refractivity contribution is -0.0757.